The number of terminal acetylenes is 1. The first-order valence-corrected chi connectivity index (χ1v) is 26.7. The van der Waals surface area contributed by atoms with Gasteiger partial charge in [-0.1, -0.05) is 57.0 Å². The molecule has 4 aromatic carbocycles. The van der Waals surface area contributed by atoms with Crippen molar-refractivity contribution in [2.75, 3.05) is 80.9 Å². The van der Waals surface area contributed by atoms with E-state index in [1.165, 1.54) is 30.9 Å². The van der Waals surface area contributed by atoms with Crippen LogP contribution in [0.3, 0.4) is 0 Å². The Hall–Kier alpha value is -7.43. The Morgan fingerprint density at radius 1 is 0.506 bits per heavy atom. The van der Waals surface area contributed by atoms with Crippen LogP contribution in [0.2, 0.25) is 0 Å². The molecular formula is C60H69F3O24. The van der Waals surface area contributed by atoms with Gasteiger partial charge in [-0.25, -0.2) is 41.9 Å². The molecular weight excluding hydrogens is 1160 g/mol. The molecule has 24 nitrogen and oxygen atoms in total. The summed E-state index contributed by atoms with van der Waals surface area (Å²) in [6.45, 7) is 14.9. The van der Waals surface area contributed by atoms with Crippen molar-refractivity contribution in [2.45, 2.75) is 103 Å². The summed E-state index contributed by atoms with van der Waals surface area (Å²) in [5.41, 5.74) is 2.63. The van der Waals surface area contributed by atoms with E-state index < -0.39 is 78.1 Å². The van der Waals surface area contributed by atoms with E-state index in [4.69, 9.17) is 82.2 Å². The summed E-state index contributed by atoms with van der Waals surface area (Å²) in [6.07, 6.45) is 0.562. The molecule has 0 aliphatic carbocycles. The van der Waals surface area contributed by atoms with E-state index in [-0.39, 0.29) is 109 Å². The van der Waals surface area contributed by atoms with Crippen molar-refractivity contribution in [1.82, 2.24) is 0 Å². The van der Waals surface area contributed by atoms with Crippen molar-refractivity contribution in [1.29, 1.82) is 0 Å². The van der Waals surface area contributed by atoms with Crippen LogP contribution in [0.25, 0.3) is 0 Å². The van der Waals surface area contributed by atoms with Gasteiger partial charge in [-0.2, -0.15) is 0 Å². The Bertz CT molecular complexity index is 2890. The van der Waals surface area contributed by atoms with Crippen molar-refractivity contribution < 1.29 is 127 Å². The summed E-state index contributed by atoms with van der Waals surface area (Å²) >= 11 is 0. The predicted octanol–water partition coefficient (Wildman–Crippen LogP) is 6.04. The molecule has 0 saturated carbocycles. The molecule has 8 atom stereocenters. The lowest BCUT2D eigenvalue weighted by molar-refractivity contribution is -0.153. The Balaban J connectivity index is 0.000000192. The minimum Gasteiger partial charge on any atom is -0.467 e. The lowest BCUT2D eigenvalue weighted by Crippen LogP contribution is -2.31. The van der Waals surface area contributed by atoms with Gasteiger partial charge in [-0.05, 0) is 98.3 Å². The highest BCUT2D eigenvalue weighted by Crippen LogP contribution is 2.26. The van der Waals surface area contributed by atoms with Crippen molar-refractivity contribution >= 4 is 35.8 Å². The van der Waals surface area contributed by atoms with Gasteiger partial charge in [0.25, 0.3) is 0 Å². The molecule has 0 amide bonds. The first kappa shape index (κ1) is 70.3. The fourth-order valence-corrected chi connectivity index (χ4v) is 7.24. The standard InChI is InChI=1S/C14H18O4.C11H11FO4.C11H12O4.C10H8F2O4.C8H10O4.C6H10O4/c1-14(2,3)10-4-6-11(7-5-10)18-13(15)12-8-16-9-17-12;1-7-4-8(2-3-9(7)12)16-11(13)10-5-14-6-15-10;1-8-4-2-3-5-9(8)15-11(12)10-6-13-7-14-10;11-6-1-2-8(7(12)3-6)16-10(13)9-4-14-5-15-9;1-3-4-10-8(9)7-6(2)11-5-12-7;1-4-5(6(7)8-2)10-3-9-4/h4-7,12H,8-9H2,1-3H3;2-4,10H,5-6H2,1H3;2-5,10H,6-7H2,1H3;1-3,9H,4-5H2;1,6-7H,4-5H2,2H3;4-5H,3H2,1-2H3. The van der Waals surface area contributed by atoms with Crippen LogP contribution in [0.15, 0.2) is 84.9 Å². The zero-order valence-corrected chi connectivity index (χ0v) is 49.0. The zero-order chi connectivity index (χ0) is 63.5. The molecule has 0 N–H and O–H groups in total. The monoisotopic (exact) mass is 1230 g/mol. The second-order valence-corrected chi connectivity index (χ2v) is 19.8. The summed E-state index contributed by atoms with van der Waals surface area (Å²) in [5.74, 6) is -1.66. The van der Waals surface area contributed by atoms with Crippen molar-refractivity contribution in [3.8, 4) is 35.3 Å². The molecule has 4 aromatic rings. The molecule has 0 aromatic heterocycles. The van der Waals surface area contributed by atoms with Crippen LogP contribution in [0.4, 0.5) is 13.2 Å². The summed E-state index contributed by atoms with van der Waals surface area (Å²) in [4.78, 5) is 68.0. The molecule has 0 bridgehead atoms. The Labute approximate surface area is 499 Å². The fourth-order valence-electron chi connectivity index (χ4n) is 7.24. The number of carbonyl (C=O) groups excluding carboxylic acids is 6. The Morgan fingerprint density at radius 3 is 1.38 bits per heavy atom. The molecule has 474 valence electrons. The van der Waals surface area contributed by atoms with Gasteiger partial charge in [-0.15, -0.1) is 6.42 Å². The second kappa shape index (κ2) is 36.0. The van der Waals surface area contributed by atoms with E-state index in [0.29, 0.717) is 28.9 Å². The topological polar surface area (TPSA) is 269 Å². The molecule has 8 unspecified atom stereocenters. The SMILES string of the molecule is C#CCOC(=O)C1OCOC1C.CC(C)(C)c1ccc(OC(=O)C2COCO2)cc1.COC(=O)C1OCOC1C.Cc1cc(OC(=O)C2COCO2)ccc1F.Cc1ccccc1OC(=O)C1COCO1.O=C(Oc1ccc(F)cc1F)C1COCO1. The van der Waals surface area contributed by atoms with Crippen LogP contribution in [0.5, 0.6) is 23.0 Å². The average Bonchev–Trinajstić information content (AvgIpc) is 4.46. The quantitative estimate of drug-likeness (QED) is 0.0941. The van der Waals surface area contributed by atoms with Crippen molar-refractivity contribution in [3.05, 3.63) is 119 Å². The zero-order valence-electron chi connectivity index (χ0n) is 49.0. The maximum absolute atomic E-state index is 13.1. The number of methoxy groups -OCH3 is 1. The second-order valence-electron chi connectivity index (χ2n) is 19.8. The van der Waals surface area contributed by atoms with Gasteiger partial charge in [0, 0.05) is 6.07 Å². The third-order valence-electron chi connectivity index (χ3n) is 12.2. The Morgan fingerprint density at radius 2 is 0.966 bits per heavy atom. The molecule has 6 saturated heterocycles. The van der Waals surface area contributed by atoms with Crippen LogP contribution >= 0.6 is 0 Å². The number of halogens is 3. The van der Waals surface area contributed by atoms with Crippen molar-refractivity contribution in [2.24, 2.45) is 0 Å². The molecule has 6 fully saturated rings. The van der Waals surface area contributed by atoms with Crippen LogP contribution in [0, 0.1) is 43.6 Å². The smallest absolute Gasteiger partial charge is 0.343 e. The maximum Gasteiger partial charge on any atom is 0.343 e. The number of ether oxygens (including phenoxy) is 18. The van der Waals surface area contributed by atoms with Gasteiger partial charge in [0.2, 0.25) is 0 Å². The van der Waals surface area contributed by atoms with E-state index in [0.717, 1.165) is 17.7 Å². The van der Waals surface area contributed by atoms with Crippen LogP contribution in [-0.2, 0) is 100 Å². The third kappa shape index (κ3) is 23.6. The molecule has 6 aliphatic rings. The normalized spacial score (nSPS) is 22.4. The fraction of sp³-hybridized carbons (Fsp3) is 0.467. The molecule has 27 heteroatoms. The minimum atomic E-state index is -0.938. The van der Waals surface area contributed by atoms with Crippen LogP contribution < -0.4 is 18.9 Å². The molecule has 0 spiro atoms. The number of hydrogen-bond acceptors (Lipinski definition) is 24. The number of aryl methyl sites for hydroxylation is 2. The van der Waals surface area contributed by atoms with E-state index in [1.54, 1.807) is 39.0 Å². The predicted molar refractivity (Wildman–Crippen MR) is 292 cm³/mol. The number of esters is 6. The largest absolute Gasteiger partial charge is 0.467 e. The first-order chi connectivity index (χ1) is 41.6. The lowest BCUT2D eigenvalue weighted by atomic mass is 9.87. The number of benzene rings is 4. The average molecular weight is 1230 g/mol. The number of carbonyl (C=O) groups is 6. The molecule has 87 heavy (non-hydrogen) atoms. The van der Waals surface area contributed by atoms with Gasteiger partial charge in [0.15, 0.2) is 54.8 Å². The van der Waals surface area contributed by atoms with E-state index in [9.17, 15) is 41.9 Å². The van der Waals surface area contributed by atoms with Gasteiger partial charge in [0.1, 0.15) is 69.6 Å². The summed E-state index contributed by atoms with van der Waals surface area (Å²) < 4.78 is 127. The molecule has 10 rings (SSSR count). The highest BCUT2D eigenvalue weighted by Gasteiger charge is 2.35. The van der Waals surface area contributed by atoms with E-state index >= 15 is 0 Å². The van der Waals surface area contributed by atoms with Gasteiger partial charge < -0.3 is 85.3 Å². The molecule has 0 radical (unpaired) electrons. The number of hydrogen-bond donors (Lipinski definition) is 0. The first-order valence-electron chi connectivity index (χ1n) is 26.7. The van der Waals surface area contributed by atoms with E-state index in [2.05, 4.69) is 36.2 Å². The van der Waals surface area contributed by atoms with Crippen LogP contribution in [-0.4, -0.2) is 166 Å². The number of rotatable bonds is 11. The minimum absolute atomic E-state index is 0.00562. The highest BCUT2D eigenvalue weighted by molar-refractivity contribution is 5.79. The molecule has 6 aliphatic heterocycles. The summed E-state index contributed by atoms with van der Waals surface area (Å²) in [5, 5.41) is 0. The molecule has 6 heterocycles. The van der Waals surface area contributed by atoms with E-state index in [1.807, 2.05) is 37.3 Å². The van der Waals surface area contributed by atoms with Gasteiger partial charge >= 0.3 is 35.8 Å². The van der Waals surface area contributed by atoms with Gasteiger partial charge in [0.05, 0.1) is 45.7 Å². The van der Waals surface area contributed by atoms with Crippen LogP contribution in [0.1, 0.15) is 51.3 Å². The lowest BCUT2D eigenvalue weighted by Gasteiger charge is -2.19. The van der Waals surface area contributed by atoms with Crippen molar-refractivity contribution in [3.63, 3.8) is 0 Å². The van der Waals surface area contributed by atoms with Gasteiger partial charge in [-0.3, -0.25) is 0 Å². The Kier molecular flexibility index (Phi) is 29.1. The summed E-state index contributed by atoms with van der Waals surface area (Å²) in [6, 6.07) is 21.7. The number of para-hydroxylation sites is 1. The summed E-state index contributed by atoms with van der Waals surface area (Å²) in [7, 11) is 1.33. The third-order valence-corrected chi connectivity index (χ3v) is 12.2. The highest BCUT2D eigenvalue weighted by atomic mass is 19.1. The maximum atomic E-state index is 13.1.